The average Bonchev–Trinajstić information content (AvgIpc) is 2.48. The summed E-state index contributed by atoms with van der Waals surface area (Å²) in [5, 5.41) is 3.21. The molecule has 0 aliphatic rings. The minimum atomic E-state index is 0.254. The summed E-state index contributed by atoms with van der Waals surface area (Å²) in [4.78, 5) is 10.2. The van der Waals surface area contributed by atoms with Gasteiger partial charge in [-0.25, -0.2) is 4.98 Å². The van der Waals surface area contributed by atoms with Gasteiger partial charge in [-0.3, -0.25) is 0 Å². The second kappa shape index (κ2) is 7.31. The number of thioether (sulfide) groups is 1. The molecule has 1 N–H and O–H groups in total. The Balaban J connectivity index is 2.24. The second-order valence-corrected chi connectivity index (χ2v) is 5.79. The highest BCUT2D eigenvalue weighted by atomic mass is 32.2. The number of hydrogen-bond acceptors (Lipinski definition) is 5. The van der Waals surface area contributed by atoms with Gasteiger partial charge in [0.25, 0.3) is 0 Å². The Morgan fingerprint density at radius 2 is 1.90 bits per heavy atom. The third kappa shape index (κ3) is 4.36. The molecule has 0 aliphatic carbocycles. The predicted octanol–water partition coefficient (Wildman–Crippen LogP) is 4.55. The highest BCUT2D eigenvalue weighted by Crippen LogP contribution is 2.25. The lowest BCUT2D eigenvalue weighted by molar-refractivity contribution is 0.457. The van der Waals surface area contributed by atoms with Crippen molar-refractivity contribution in [2.75, 3.05) is 18.1 Å². The van der Waals surface area contributed by atoms with Gasteiger partial charge in [0.05, 0.1) is 0 Å². The van der Waals surface area contributed by atoms with Crippen LogP contribution in [0.3, 0.4) is 0 Å². The fourth-order valence-corrected chi connectivity index (χ4v) is 2.20. The van der Waals surface area contributed by atoms with Crippen LogP contribution in [-0.2, 0) is 0 Å². The van der Waals surface area contributed by atoms with Crippen molar-refractivity contribution in [2.24, 2.45) is 0 Å². The van der Waals surface area contributed by atoms with Gasteiger partial charge in [-0.15, -0.1) is 11.8 Å². The number of nitrogens with zero attached hydrogens (tertiary/aromatic N) is 2. The van der Waals surface area contributed by atoms with Crippen LogP contribution in [0.5, 0.6) is 11.6 Å². The maximum absolute atomic E-state index is 5.86. The van der Waals surface area contributed by atoms with Crippen LogP contribution in [0, 0.1) is 0 Å². The van der Waals surface area contributed by atoms with Crippen LogP contribution in [0.25, 0.3) is 0 Å². The van der Waals surface area contributed by atoms with E-state index in [9.17, 15) is 0 Å². The van der Waals surface area contributed by atoms with Gasteiger partial charge in [0.1, 0.15) is 17.4 Å². The van der Waals surface area contributed by atoms with Gasteiger partial charge in [0.2, 0.25) is 5.88 Å². The smallest absolute Gasteiger partial charge is 0.224 e. The van der Waals surface area contributed by atoms with E-state index in [0.29, 0.717) is 5.88 Å². The summed E-state index contributed by atoms with van der Waals surface area (Å²) in [6.07, 6.45) is 2.05. The molecule has 5 heteroatoms. The summed E-state index contributed by atoms with van der Waals surface area (Å²) >= 11 is 1.71. The number of ether oxygens (including phenoxy) is 1. The fourth-order valence-electron chi connectivity index (χ4n) is 1.79. The van der Waals surface area contributed by atoms with Crippen LogP contribution in [0.15, 0.2) is 35.2 Å². The van der Waals surface area contributed by atoms with Crippen molar-refractivity contribution in [1.82, 2.24) is 9.97 Å². The van der Waals surface area contributed by atoms with E-state index in [1.54, 1.807) is 11.8 Å². The van der Waals surface area contributed by atoms with E-state index in [1.807, 2.05) is 37.3 Å². The zero-order chi connectivity index (χ0) is 15.2. The number of hydrogen-bond donors (Lipinski definition) is 1. The molecule has 0 spiro atoms. The molecule has 0 bridgehead atoms. The lowest BCUT2D eigenvalue weighted by Crippen LogP contribution is -2.05. The summed E-state index contributed by atoms with van der Waals surface area (Å²) in [7, 11) is 0. The van der Waals surface area contributed by atoms with E-state index >= 15 is 0 Å². The van der Waals surface area contributed by atoms with Crippen molar-refractivity contribution < 1.29 is 4.74 Å². The van der Waals surface area contributed by atoms with Crippen molar-refractivity contribution in [3.05, 3.63) is 36.2 Å². The Hall–Kier alpha value is -1.75. The van der Waals surface area contributed by atoms with E-state index < -0.39 is 0 Å². The SMILES string of the molecule is CCNc1cc(Oc2ccc(SC)cc2)nc(C(C)C)n1. The van der Waals surface area contributed by atoms with E-state index in [-0.39, 0.29) is 5.92 Å². The normalized spacial score (nSPS) is 10.7. The molecule has 1 heterocycles. The first-order valence-corrected chi connectivity index (χ1v) is 8.29. The van der Waals surface area contributed by atoms with E-state index in [4.69, 9.17) is 4.74 Å². The highest BCUT2D eigenvalue weighted by molar-refractivity contribution is 7.98. The van der Waals surface area contributed by atoms with Gasteiger partial charge in [-0.05, 0) is 37.4 Å². The van der Waals surface area contributed by atoms with Crippen LogP contribution in [0.1, 0.15) is 32.5 Å². The molecule has 2 rings (SSSR count). The highest BCUT2D eigenvalue weighted by Gasteiger charge is 2.09. The van der Waals surface area contributed by atoms with Crippen LogP contribution < -0.4 is 10.1 Å². The maximum Gasteiger partial charge on any atom is 0.224 e. The van der Waals surface area contributed by atoms with Gasteiger partial charge in [0.15, 0.2) is 0 Å². The number of nitrogens with one attached hydrogen (secondary N) is 1. The van der Waals surface area contributed by atoms with Gasteiger partial charge in [0, 0.05) is 23.4 Å². The molecule has 0 aliphatic heterocycles. The summed E-state index contributed by atoms with van der Waals surface area (Å²) in [6, 6.07) is 9.81. The van der Waals surface area contributed by atoms with Crippen molar-refractivity contribution in [2.45, 2.75) is 31.6 Å². The average molecular weight is 303 g/mol. The quantitative estimate of drug-likeness (QED) is 0.793. The van der Waals surface area contributed by atoms with Crippen molar-refractivity contribution in [3.63, 3.8) is 0 Å². The molecule has 2 aromatic rings. The second-order valence-electron chi connectivity index (χ2n) is 4.91. The lowest BCUT2D eigenvalue weighted by Gasteiger charge is -2.11. The summed E-state index contributed by atoms with van der Waals surface area (Å²) in [5.74, 6) is 3.19. The maximum atomic E-state index is 5.86. The van der Waals surface area contributed by atoms with Crippen LogP contribution in [0.2, 0.25) is 0 Å². The molecule has 0 fully saturated rings. The Kier molecular flexibility index (Phi) is 5.44. The predicted molar refractivity (Wildman–Crippen MR) is 88.6 cm³/mol. The minimum absolute atomic E-state index is 0.254. The first kappa shape index (κ1) is 15.6. The number of anilines is 1. The fraction of sp³-hybridized carbons (Fsp3) is 0.375. The molecule has 0 saturated heterocycles. The van der Waals surface area contributed by atoms with Crippen molar-refractivity contribution in [3.8, 4) is 11.6 Å². The molecule has 0 atom stereocenters. The first-order valence-electron chi connectivity index (χ1n) is 7.07. The zero-order valence-corrected chi connectivity index (χ0v) is 13.7. The molecular weight excluding hydrogens is 282 g/mol. The Labute approximate surface area is 130 Å². The van der Waals surface area contributed by atoms with Gasteiger partial charge in [-0.2, -0.15) is 4.98 Å². The molecule has 112 valence electrons. The molecular formula is C16H21N3OS. The largest absolute Gasteiger partial charge is 0.439 e. The summed E-state index contributed by atoms with van der Waals surface area (Å²) < 4.78 is 5.86. The lowest BCUT2D eigenvalue weighted by atomic mass is 10.2. The molecule has 21 heavy (non-hydrogen) atoms. The van der Waals surface area contributed by atoms with E-state index in [1.165, 1.54) is 4.90 Å². The van der Waals surface area contributed by atoms with Gasteiger partial charge >= 0.3 is 0 Å². The van der Waals surface area contributed by atoms with Crippen molar-refractivity contribution in [1.29, 1.82) is 0 Å². The number of rotatable bonds is 6. The molecule has 1 aromatic heterocycles. The Morgan fingerprint density at radius 3 is 2.48 bits per heavy atom. The molecule has 4 nitrogen and oxygen atoms in total. The van der Waals surface area contributed by atoms with E-state index in [2.05, 4.69) is 35.4 Å². The number of aromatic nitrogens is 2. The minimum Gasteiger partial charge on any atom is -0.439 e. The molecule has 0 amide bonds. The van der Waals surface area contributed by atoms with Crippen LogP contribution in [-0.4, -0.2) is 22.8 Å². The summed E-state index contributed by atoms with van der Waals surface area (Å²) in [5.41, 5.74) is 0. The Bertz CT molecular complexity index is 585. The van der Waals surface area contributed by atoms with Crippen LogP contribution >= 0.6 is 11.8 Å². The Morgan fingerprint density at radius 1 is 1.19 bits per heavy atom. The number of benzene rings is 1. The topological polar surface area (TPSA) is 47.0 Å². The molecule has 0 saturated carbocycles. The van der Waals surface area contributed by atoms with Gasteiger partial charge in [-0.1, -0.05) is 13.8 Å². The van der Waals surface area contributed by atoms with Gasteiger partial charge < -0.3 is 10.1 Å². The molecule has 1 aromatic carbocycles. The van der Waals surface area contributed by atoms with Crippen LogP contribution in [0.4, 0.5) is 5.82 Å². The standard InChI is InChI=1S/C16H21N3OS/c1-5-17-14-10-15(19-16(18-14)11(2)3)20-12-6-8-13(21-4)9-7-12/h6-11H,5H2,1-4H3,(H,17,18,19). The van der Waals surface area contributed by atoms with Crippen molar-refractivity contribution >= 4 is 17.6 Å². The third-order valence-electron chi connectivity index (χ3n) is 2.88. The zero-order valence-electron chi connectivity index (χ0n) is 12.9. The molecule has 0 radical (unpaired) electrons. The third-order valence-corrected chi connectivity index (χ3v) is 3.62. The first-order chi connectivity index (χ1) is 10.1. The van der Waals surface area contributed by atoms with E-state index in [0.717, 1.165) is 23.9 Å². The monoisotopic (exact) mass is 303 g/mol. The summed E-state index contributed by atoms with van der Waals surface area (Å²) in [6.45, 7) is 7.00. The molecule has 0 unspecified atom stereocenters.